The maximum absolute atomic E-state index is 12.2. The lowest BCUT2D eigenvalue weighted by molar-refractivity contribution is -0.141. The number of rotatable bonds is 3. The third kappa shape index (κ3) is 3.71. The molecular formula is C10H11F3N2. The molecule has 15 heavy (non-hydrogen) atoms. The minimum absolute atomic E-state index is 0.478. The molecule has 0 saturated heterocycles. The van der Waals surface area contributed by atoms with Gasteiger partial charge in [-0.1, -0.05) is 12.2 Å². The summed E-state index contributed by atoms with van der Waals surface area (Å²) in [7, 11) is 0. The van der Waals surface area contributed by atoms with Crippen LogP contribution in [0.3, 0.4) is 0 Å². The fraction of sp³-hybridized carbons (Fsp3) is 0.300. The molecule has 1 heterocycles. The van der Waals surface area contributed by atoms with Crippen molar-refractivity contribution in [3.8, 4) is 0 Å². The second-order valence-corrected chi connectivity index (χ2v) is 2.95. The molecule has 2 N–H and O–H groups in total. The van der Waals surface area contributed by atoms with E-state index in [0.29, 0.717) is 18.5 Å². The number of halogens is 3. The van der Waals surface area contributed by atoms with Crippen molar-refractivity contribution >= 4 is 6.08 Å². The first kappa shape index (κ1) is 11.7. The van der Waals surface area contributed by atoms with Gasteiger partial charge in [-0.15, -0.1) is 0 Å². The molecule has 0 aliphatic rings. The molecule has 82 valence electrons. The van der Waals surface area contributed by atoms with Gasteiger partial charge in [-0.25, -0.2) is 0 Å². The first-order chi connectivity index (χ1) is 7.04. The number of pyridine rings is 1. The minimum atomic E-state index is -4.39. The van der Waals surface area contributed by atoms with E-state index in [2.05, 4.69) is 4.98 Å². The average molecular weight is 216 g/mol. The molecule has 0 amide bonds. The summed E-state index contributed by atoms with van der Waals surface area (Å²) in [6.45, 7) is 0.480. The second kappa shape index (κ2) is 4.93. The molecule has 2 nitrogen and oxygen atoms in total. The Morgan fingerprint density at radius 1 is 1.40 bits per heavy atom. The van der Waals surface area contributed by atoms with E-state index in [-0.39, 0.29) is 0 Å². The van der Waals surface area contributed by atoms with E-state index in [4.69, 9.17) is 5.73 Å². The number of hydrogen-bond acceptors (Lipinski definition) is 2. The molecule has 1 aromatic rings. The van der Waals surface area contributed by atoms with Gasteiger partial charge in [0, 0.05) is 6.20 Å². The molecule has 5 heteroatoms. The van der Waals surface area contributed by atoms with Crippen molar-refractivity contribution in [1.29, 1.82) is 0 Å². The SMILES string of the molecule is NCCC=Cc1ccnc(C(F)(F)F)c1. The normalized spacial score (nSPS) is 12.3. The van der Waals surface area contributed by atoms with E-state index in [1.165, 1.54) is 6.07 Å². The summed E-state index contributed by atoms with van der Waals surface area (Å²) in [5.74, 6) is 0. The Kier molecular flexibility index (Phi) is 3.85. The van der Waals surface area contributed by atoms with Crippen LogP contribution in [-0.2, 0) is 6.18 Å². The van der Waals surface area contributed by atoms with Crippen molar-refractivity contribution in [2.75, 3.05) is 6.54 Å². The lowest BCUT2D eigenvalue weighted by Crippen LogP contribution is -2.07. The van der Waals surface area contributed by atoms with Crippen molar-refractivity contribution < 1.29 is 13.2 Å². The molecule has 0 aromatic carbocycles. The molecule has 1 rings (SSSR count). The van der Waals surface area contributed by atoms with Crippen molar-refractivity contribution in [1.82, 2.24) is 4.98 Å². The summed E-state index contributed by atoms with van der Waals surface area (Å²) in [6, 6.07) is 2.52. The molecule has 0 aliphatic carbocycles. The highest BCUT2D eigenvalue weighted by molar-refractivity contribution is 5.49. The van der Waals surface area contributed by atoms with Crippen molar-refractivity contribution in [2.24, 2.45) is 5.73 Å². The first-order valence-electron chi connectivity index (χ1n) is 4.44. The molecule has 0 spiro atoms. The minimum Gasteiger partial charge on any atom is -0.330 e. The molecule has 0 atom stereocenters. The van der Waals surface area contributed by atoms with Gasteiger partial charge < -0.3 is 5.73 Å². The Morgan fingerprint density at radius 2 is 2.13 bits per heavy atom. The molecule has 0 unspecified atom stereocenters. The number of aromatic nitrogens is 1. The number of hydrogen-bond donors (Lipinski definition) is 1. The van der Waals surface area contributed by atoms with Gasteiger partial charge in [0.05, 0.1) is 0 Å². The lowest BCUT2D eigenvalue weighted by Gasteiger charge is -2.05. The van der Waals surface area contributed by atoms with Gasteiger partial charge in [0.2, 0.25) is 0 Å². The molecular weight excluding hydrogens is 205 g/mol. The topological polar surface area (TPSA) is 38.9 Å². The fourth-order valence-corrected chi connectivity index (χ4v) is 1.02. The van der Waals surface area contributed by atoms with Crippen LogP contribution in [0.4, 0.5) is 13.2 Å². The van der Waals surface area contributed by atoms with Crippen LogP contribution >= 0.6 is 0 Å². The predicted octanol–water partition coefficient (Wildman–Crippen LogP) is 2.46. The maximum atomic E-state index is 12.2. The molecule has 1 aromatic heterocycles. The predicted molar refractivity (Wildman–Crippen MR) is 51.9 cm³/mol. The summed E-state index contributed by atoms with van der Waals surface area (Å²) in [5.41, 5.74) is 4.85. The van der Waals surface area contributed by atoms with Crippen LogP contribution in [0.1, 0.15) is 17.7 Å². The van der Waals surface area contributed by atoms with E-state index in [0.717, 1.165) is 12.3 Å². The maximum Gasteiger partial charge on any atom is 0.433 e. The third-order valence-corrected chi connectivity index (χ3v) is 1.72. The Morgan fingerprint density at radius 3 is 2.73 bits per heavy atom. The molecule has 0 bridgehead atoms. The van der Waals surface area contributed by atoms with Gasteiger partial charge in [0.25, 0.3) is 0 Å². The third-order valence-electron chi connectivity index (χ3n) is 1.72. The Balaban J connectivity index is 2.84. The second-order valence-electron chi connectivity index (χ2n) is 2.95. The zero-order chi connectivity index (χ0) is 11.3. The van der Waals surface area contributed by atoms with E-state index in [1.54, 1.807) is 12.2 Å². The zero-order valence-electron chi connectivity index (χ0n) is 7.96. The van der Waals surface area contributed by atoms with Gasteiger partial charge in [0.15, 0.2) is 0 Å². The van der Waals surface area contributed by atoms with E-state index >= 15 is 0 Å². The lowest BCUT2D eigenvalue weighted by atomic mass is 10.2. The van der Waals surface area contributed by atoms with Crippen LogP contribution in [0, 0.1) is 0 Å². The molecule has 0 radical (unpaired) electrons. The van der Waals surface area contributed by atoms with E-state index in [9.17, 15) is 13.2 Å². The molecule has 0 saturated carbocycles. The van der Waals surface area contributed by atoms with Gasteiger partial charge >= 0.3 is 6.18 Å². The highest BCUT2D eigenvalue weighted by Crippen LogP contribution is 2.27. The van der Waals surface area contributed by atoms with Gasteiger partial charge in [-0.3, -0.25) is 4.98 Å². The number of nitrogens with two attached hydrogens (primary N) is 1. The standard InChI is InChI=1S/C10H11F3N2/c11-10(12,13)9-7-8(4-6-15-9)3-1-2-5-14/h1,3-4,6-7H,2,5,14H2. The van der Waals surface area contributed by atoms with Crippen LogP contribution in [0.5, 0.6) is 0 Å². The van der Waals surface area contributed by atoms with Crippen LogP contribution in [0.25, 0.3) is 6.08 Å². The first-order valence-corrected chi connectivity index (χ1v) is 4.44. The average Bonchev–Trinajstić information content (AvgIpc) is 2.17. The van der Waals surface area contributed by atoms with Crippen LogP contribution < -0.4 is 5.73 Å². The fourth-order valence-electron chi connectivity index (χ4n) is 1.02. The summed E-state index contributed by atoms with van der Waals surface area (Å²) < 4.78 is 36.7. The van der Waals surface area contributed by atoms with Crippen LogP contribution in [-0.4, -0.2) is 11.5 Å². The summed E-state index contributed by atoms with van der Waals surface area (Å²) in [4.78, 5) is 3.26. The summed E-state index contributed by atoms with van der Waals surface area (Å²) in [5, 5.41) is 0. The number of alkyl halides is 3. The van der Waals surface area contributed by atoms with Crippen molar-refractivity contribution in [3.63, 3.8) is 0 Å². The van der Waals surface area contributed by atoms with E-state index < -0.39 is 11.9 Å². The number of nitrogens with zero attached hydrogens (tertiary/aromatic N) is 1. The molecule has 0 aliphatic heterocycles. The van der Waals surface area contributed by atoms with Crippen LogP contribution in [0.2, 0.25) is 0 Å². The monoisotopic (exact) mass is 216 g/mol. The zero-order valence-corrected chi connectivity index (χ0v) is 7.96. The summed E-state index contributed by atoms with van der Waals surface area (Å²) in [6.07, 6.45) is 0.728. The Labute approximate surface area is 85.6 Å². The van der Waals surface area contributed by atoms with Crippen molar-refractivity contribution in [3.05, 3.63) is 35.7 Å². The summed E-state index contributed by atoms with van der Waals surface area (Å²) >= 11 is 0. The van der Waals surface area contributed by atoms with Crippen molar-refractivity contribution in [2.45, 2.75) is 12.6 Å². The quantitative estimate of drug-likeness (QED) is 0.842. The van der Waals surface area contributed by atoms with Crippen LogP contribution in [0.15, 0.2) is 24.4 Å². The molecule has 0 fully saturated rings. The smallest absolute Gasteiger partial charge is 0.330 e. The van der Waals surface area contributed by atoms with Gasteiger partial charge in [-0.05, 0) is 30.7 Å². The Bertz CT molecular complexity index is 345. The van der Waals surface area contributed by atoms with Gasteiger partial charge in [-0.2, -0.15) is 13.2 Å². The highest BCUT2D eigenvalue weighted by Gasteiger charge is 2.32. The van der Waals surface area contributed by atoms with E-state index in [1.807, 2.05) is 0 Å². The van der Waals surface area contributed by atoms with Gasteiger partial charge in [0.1, 0.15) is 5.69 Å². The highest BCUT2D eigenvalue weighted by atomic mass is 19.4. The Hall–Kier alpha value is -1.36. The largest absolute Gasteiger partial charge is 0.433 e.